The largest absolute Gasteiger partial charge is 0.461 e. The first-order valence-electron chi connectivity index (χ1n) is 9.39. The van der Waals surface area contributed by atoms with E-state index < -0.39 is 0 Å². The third kappa shape index (κ3) is 3.60. The lowest BCUT2D eigenvalue weighted by Crippen LogP contribution is -2.28. The Balaban J connectivity index is 1.40. The number of ether oxygens (including phenoxy) is 1. The normalized spacial score (nSPS) is 23.1. The molecule has 1 N–H and O–H groups in total. The third-order valence-corrected chi connectivity index (χ3v) is 5.50. The number of nitrogens with zero attached hydrogens (tertiary/aromatic N) is 1. The first kappa shape index (κ1) is 16.0. The lowest BCUT2D eigenvalue weighted by atomic mass is 10.1. The third-order valence-electron chi connectivity index (χ3n) is 5.50. The van der Waals surface area contributed by atoms with Gasteiger partial charge in [0.05, 0.1) is 0 Å². The molecular formula is C20H28N2O2. The van der Waals surface area contributed by atoms with Crippen LogP contribution in [0.5, 0.6) is 0 Å². The standard InChI is InChI=1S/C20H28N2O2/c1-15-3-2-9-22(15)10-6-19-14-16-13-18(4-5-20(16)24-19)21-17-7-11-23-12-8-17/h4-5,13-15,17,21H,2-3,6-12H2,1H3. The van der Waals surface area contributed by atoms with Gasteiger partial charge in [-0.1, -0.05) is 0 Å². The molecule has 24 heavy (non-hydrogen) atoms. The Morgan fingerprint density at radius 1 is 1.17 bits per heavy atom. The summed E-state index contributed by atoms with van der Waals surface area (Å²) in [6.07, 6.45) is 5.84. The summed E-state index contributed by atoms with van der Waals surface area (Å²) >= 11 is 0. The molecule has 2 aromatic rings. The number of hydrogen-bond acceptors (Lipinski definition) is 4. The molecule has 3 heterocycles. The van der Waals surface area contributed by atoms with E-state index in [1.54, 1.807) is 0 Å². The molecule has 0 radical (unpaired) electrons. The molecule has 1 unspecified atom stereocenters. The van der Waals surface area contributed by atoms with E-state index >= 15 is 0 Å². The average molecular weight is 328 g/mol. The van der Waals surface area contributed by atoms with Gasteiger partial charge in [-0.05, 0) is 63.4 Å². The van der Waals surface area contributed by atoms with Gasteiger partial charge in [0, 0.05) is 49.3 Å². The van der Waals surface area contributed by atoms with Crippen molar-refractivity contribution in [2.45, 2.75) is 51.1 Å². The first-order chi connectivity index (χ1) is 11.8. The van der Waals surface area contributed by atoms with Crippen molar-refractivity contribution in [3.63, 3.8) is 0 Å². The number of anilines is 1. The molecular weight excluding hydrogens is 300 g/mol. The van der Waals surface area contributed by atoms with E-state index in [2.05, 4.69) is 41.4 Å². The van der Waals surface area contributed by atoms with E-state index in [-0.39, 0.29) is 0 Å². The summed E-state index contributed by atoms with van der Waals surface area (Å²) in [5, 5.41) is 4.84. The Bertz CT molecular complexity index is 675. The highest BCUT2D eigenvalue weighted by Gasteiger charge is 2.20. The van der Waals surface area contributed by atoms with Crippen LogP contribution < -0.4 is 5.32 Å². The van der Waals surface area contributed by atoms with E-state index in [9.17, 15) is 0 Å². The Hall–Kier alpha value is -1.52. The van der Waals surface area contributed by atoms with Crippen LogP contribution in [0.2, 0.25) is 0 Å². The minimum Gasteiger partial charge on any atom is -0.461 e. The number of nitrogens with one attached hydrogen (secondary N) is 1. The number of hydrogen-bond donors (Lipinski definition) is 1. The SMILES string of the molecule is CC1CCCN1CCc1cc2cc(NC3CCOCC3)ccc2o1. The van der Waals surface area contributed by atoms with Crippen molar-refractivity contribution in [3.05, 3.63) is 30.0 Å². The molecule has 1 aromatic heterocycles. The van der Waals surface area contributed by atoms with Gasteiger partial charge in [-0.15, -0.1) is 0 Å². The highest BCUT2D eigenvalue weighted by atomic mass is 16.5. The van der Waals surface area contributed by atoms with E-state index in [1.807, 2.05) is 0 Å². The zero-order valence-corrected chi connectivity index (χ0v) is 14.6. The van der Waals surface area contributed by atoms with Crippen LogP contribution in [0.1, 0.15) is 38.4 Å². The second kappa shape index (κ2) is 7.16. The maximum atomic E-state index is 6.03. The van der Waals surface area contributed by atoms with Gasteiger partial charge in [-0.25, -0.2) is 0 Å². The minimum atomic E-state index is 0.527. The summed E-state index contributed by atoms with van der Waals surface area (Å²) < 4.78 is 11.5. The fraction of sp³-hybridized carbons (Fsp3) is 0.600. The van der Waals surface area contributed by atoms with Gasteiger partial charge >= 0.3 is 0 Å². The van der Waals surface area contributed by atoms with Crippen LogP contribution in [0.4, 0.5) is 5.69 Å². The second-order valence-corrected chi connectivity index (χ2v) is 7.27. The Kier molecular flexibility index (Phi) is 4.76. The van der Waals surface area contributed by atoms with Crippen LogP contribution >= 0.6 is 0 Å². The molecule has 4 nitrogen and oxygen atoms in total. The Labute approximate surface area is 144 Å². The summed E-state index contributed by atoms with van der Waals surface area (Å²) in [5.41, 5.74) is 2.19. The van der Waals surface area contributed by atoms with Gasteiger partial charge in [0.15, 0.2) is 0 Å². The van der Waals surface area contributed by atoms with Gasteiger partial charge in [-0.2, -0.15) is 0 Å². The molecule has 4 heteroatoms. The van der Waals surface area contributed by atoms with Crippen molar-refractivity contribution < 1.29 is 9.15 Å². The summed E-state index contributed by atoms with van der Waals surface area (Å²) in [6.45, 7) is 6.41. The van der Waals surface area contributed by atoms with Crippen LogP contribution in [0.3, 0.4) is 0 Å². The lowest BCUT2D eigenvalue weighted by molar-refractivity contribution is 0.0904. The average Bonchev–Trinajstić information content (AvgIpc) is 3.19. The molecule has 0 saturated carbocycles. The molecule has 130 valence electrons. The van der Waals surface area contributed by atoms with Crippen molar-refractivity contribution >= 4 is 16.7 Å². The number of furan rings is 1. The quantitative estimate of drug-likeness (QED) is 0.898. The Morgan fingerprint density at radius 3 is 2.83 bits per heavy atom. The van der Waals surface area contributed by atoms with Crippen molar-refractivity contribution in [1.82, 2.24) is 4.90 Å². The lowest BCUT2D eigenvalue weighted by Gasteiger charge is -2.24. The topological polar surface area (TPSA) is 37.6 Å². The molecule has 0 aliphatic carbocycles. The minimum absolute atomic E-state index is 0.527. The van der Waals surface area contributed by atoms with Crippen LogP contribution in [0.15, 0.2) is 28.7 Å². The molecule has 1 aromatic carbocycles. The van der Waals surface area contributed by atoms with Gasteiger partial charge in [0.25, 0.3) is 0 Å². The predicted octanol–water partition coefficient (Wildman–Crippen LogP) is 4.05. The number of benzene rings is 1. The summed E-state index contributed by atoms with van der Waals surface area (Å²) in [7, 11) is 0. The number of fused-ring (bicyclic) bond motifs is 1. The van der Waals surface area contributed by atoms with Crippen LogP contribution in [0.25, 0.3) is 11.0 Å². The molecule has 2 saturated heterocycles. The van der Waals surface area contributed by atoms with Crippen LogP contribution in [-0.2, 0) is 11.2 Å². The van der Waals surface area contributed by atoms with E-state index in [4.69, 9.17) is 9.15 Å². The molecule has 0 amide bonds. The van der Waals surface area contributed by atoms with Crippen molar-refractivity contribution in [2.75, 3.05) is 31.6 Å². The summed E-state index contributed by atoms with van der Waals surface area (Å²) in [4.78, 5) is 2.57. The molecule has 2 fully saturated rings. The molecule has 4 rings (SSSR count). The van der Waals surface area contributed by atoms with Gasteiger partial charge in [0.1, 0.15) is 11.3 Å². The molecule has 2 aliphatic heterocycles. The molecule has 0 bridgehead atoms. The molecule has 2 aliphatic rings. The number of likely N-dealkylation sites (tertiary alicyclic amines) is 1. The monoisotopic (exact) mass is 328 g/mol. The number of rotatable bonds is 5. The summed E-state index contributed by atoms with van der Waals surface area (Å²) in [6, 6.07) is 9.91. The van der Waals surface area contributed by atoms with Gasteiger partial charge in [0.2, 0.25) is 0 Å². The summed E-state index contributed by atoms with van der Waals surface area (Å²) in [5.74, 6) is 1.10. The molecule has 1 atom stereocenters. The predicted molar refractivity (Wildman–Crippen MR) is 97.7 cm³/mol. The van der Waals surface area contributed by atoms with E-state index in [0.717, 1.165) is 56.4 Å². The highest BCUT2D eigenvalue weighted by molar-refractivity contribution is 5.82. The van der Waals surface area contributed by atoms with Crippen molar-refractivity contribution in [1.29, 1.82) is 0 Å². The van der Waals surface area contributed by atoms with Crippen molar-refractivity contribution in [3.8, 4) is 0 Å². The van der Waals surface area contributed by atoms with Crippen molar-refractivity contribution in [2.24, 2.45) is 0 Å². The zero-order valence-electron chi connectivity index (χ0n) is 14.6. The van der Waals surface area contributed by atoms with Crippen LogP contribution in [0, 0.1) is 0 Å². The fourth-order valence-electron chi connectivity index (χ4n) is 3.97. The fourth-order valence-corrected chi connectivity index (χ4v) is 3.97. The first-order valence-corrected chi connectivity index (χ1v) is 9.39. The highest BCUT2D eigenvalue weighted by Crippen LogP contribution is 2.25. The Morgan fingerprint density at radius 2 is 2.04 bits per heavy atom. The second-order valence-electron chi connectivity index (χ2n) is 7.27. The molecule has 0 spiro atoms. The maximum Gasteiger partial charge on any atom is 0.134 e. The van der Waals surface area contributed by atoms with Crippen LogP contribution in [-0.4, -0.2) is 43.3 Å². The zero-order chi connectivity index (χ0) is 16.4. The van der Waals surface area contributed by atoms with Gasteiger partial charge < -0.3 is 19.4 Å². The van der Waals surface area contributed by atoms with E-state index in [1.165, 1.54) is 30.5 Å². The maximum absolute atomic E-state index is 6.03. The van der Waals surface area contributed by atoms with E-state index in [0.29, 0.717) is 6.04 Å². The smallest absolute Gasteiger partial charge is 0.134 e. The van der Waals surface area contributed by atoms with Gasteiger partial charge in [-0.3, -0.25) is 0 Å².